The van der Waals surface area contributed by atoms with Crippen molar-refractivity contribution in [3.63, 3.8) is 0 Å². The highest BCUT2D eigenvalue weighted by atomic mass is 16.4. The zero-order chi connectivity index (χ0) is 12.5. The van der Waals surface area contributed by atoms with Gasteiger partial charge in [0.25, 0.3) is 0 Å². The fourth-order valence-electron chi connectivity index (χ4n) is 1.40. The summed E-state index contributed by atoms with van der Waals surface area (Å²) < 4.78 is 0. The topological polar surface area (TPSA) is 112 Å². The summed E-state index contributed by atoms with van der Waals surface area (Å²) in [5.74, 6) is -3.05. The van der Waals surface area contributed by atoms with E-state index in [-0.39, 0.29) is 23.7 Å². The van der Waals surface area contributed by atoms with Crippen LogP contribution in [-0.2, 0) is 0 Å². The molecule has 0 spiro atoms. The molecule has 0 atom stereocenters. The molecule has 0 aliphatic heterocycles. The third-order valence-electron chi connectivity index (χ3n) is 2.23. The average Bonchev–Trinajstić information content (AvgIpc) is 2.18. The maximum absolute atomic E-state index is 10.8. The molecule has 0 aromatic heterocycles. The first-order valence-corrected chi connectivity index (χ1v) is 4.17. The lowest BCUT2D eigenvalue weighted by atomic mass is 9.97. The molecule has 3 N–H and O–H groups in total. The smallest absolute Gasteiger partial charge is 0.339 e. The highest BCUT2D eigenvalue weighted by molar-refractivity contribution is 6.02. The Balaban J connectivity index is 3.83. The maximum Gasteiger partial charge on any atom is 0.339 e. The molecule has 1 aromatic rings. The van der Waals surface area contributed by atoms with Crippen LogP contribution in [0.4, 0.5) is 0 Å². The molecule has 0 fully saturated rings. The van der Waals surface area contributed by atoms with Crippen molar-refractivity contribution < 1.29 is 29.7 Å². The Hall–Kier alpha value is -2.37. The molecule has 0 saturated heterocycles. The first kappa shape index (κ1) is 11.7. The first-order chi connectivity index (χ1) is 7.45. The van der Waals surface area contributed by atoms with E-state index in [4.69, 9.17) is 5.11 Å². The average molecular weight is 224 g/mol. The Labute approximate surface area is 89.8 Å². The normalized spacial score (nSPS) is 9.81. The van der Waals surface area contributed by atoms with Gasteiger partial charge in [-0.1, -0.05) is 0 Å². The minimum atomic E-state index is -1.48. The van der Waals surface area contributed by atoms with Gasteiger partial charge < -0.3 is 15.3 Å². The van der Waals surface area contributed by atoms with Gasteiger partial charge in [-0.15, -0.1) is 0 Å². The second-order valence-corrected chi connectivity index (χ2v) is 3.07. The van der Waals surface area contributed by atoms with Gasteiger partial charge in [0.05, 0.1) is 11.1 Å². The molecular weight excluding hydrogens is 216 g/mol. The van der Waals surface area contributed by atoms with Gasteiger partial charge in [-0.25, -0.2) is 4.79 Å². The van der Waals surface area contributed by atoms with Gasteiger partial charge in [-0.2, -0.15) is 0 Å². The van der Waals surface area contributed by atoms with Gasteiger partial charge in [0.2, 0.25) is 0 Å². The summed E-state index contributed by atoms with van der Waals surface area (Å²) >= 11 is 0. The van der Waals surface area contributed by atoms with Crippen LogP contribution in [0.1, 0.15) is 36.6 Å². The number of carbonyl (C=O) groups excluding carboxylic acids is 2. The number of aromatic hydroxyl groups is 2. The minimum absolute atomic E-state index is 0.0869. The van der Waals surface area contributed by atoms with Crippen molar-refractivity contribution in [1.29, 1.82) is 0 Å². The standard InChI is InChI=1S/C10H8O6/c1-4-5(2-11)8(13)6(3-12)9(14)7(4)10(15)16/h2-3,13-14H,1H3,(H,15,16). The van der Waals surface area contributed by atoms with Crippen molar-refractivity contribution in [3.05, 3.63) is 22.3 Å². The zero-order valence-electron chi connectivity index (χ0n) is 8.22. The molecule has 0 heterocycles. The Morgan fingerprint density at radius 2 is 1.56 bits per heavy atom. The summed E-state index contributed by atoms with van der Waals surface area (Å²) in [6, 6.07) is 0. The number of carboxylic acids is 1. The van der Waals surface area contributed by atoms with Gasteiger partial charge >= 0.3 is 5.97 Å². The van der Waals surface area contributed by atoms with Crippen LogP contribution in [0.5, 0.6) is 11.5 Å². The van der Waals surface area contributed by atoms with Gasteiger partial charge in [-0.05, 0) is 12.5 Å². The lowest BCUT2D eigenvalue weighted by Gasteiger charge is -2.11. The molecule has 0 saturated carbocycles. The molecular formula is C10H8O6. The summed E-state index contributed by atoms with van der Waals surface area (Å²) in [5, 5.41) is 27.7. The largest absolute Gasteiger partial charge is 0.506 e. The number of aromatic carboxylic acids is 1. The second kappa shape index (κ2) is 4.01. The lowest BCUT2D eigenvalue weighted by Crippen LogP contribution is -2.06. The van der Waals surface area contributed by atoms with Crippen LogP contribution in [0.2, 0.25) is 0 Å². The zero-order valence-corrected chi connectivity index (χ0v) is 8.22. The third kappa shape index (κ3) is 1.50. The second-order valence-electron chi connectivity index (χ2n) is 3.07. The molecule has 84 valence electrons. The van der Waals surface area contributed by atoms with Crippen LogP contribution in [0.15, 0.2) is 0 Å². The van der Waals surface area contributed by atoms with Gasteiger partial charge in [0, 0.05) is 0 Å². The predicted molar refractivity (Wildman–Crippen MR) is 52.2 cm³/mol. The number of hydrogen-bond donors (Lipinski definition) is 3. The van der Waals surface area contributed by atoms with E-state index in [0.717, 1.165) is 0 Å². The van der Waals surface area contributed by atoms with Crippen LogP contribution in [0.25, 0.3) is 0 Å². The van der Waals surface area contributed by atoms with E-state index >= 15 is 0 Å². The van der Waals surface area contributed by atoms with Crippen LogP contribution in [-0.4, -0.2) is 33.9 Å². The van der Waals surface area contributed by atoms with E-state index in [1.54, 1.807) is 0 Å². The minimum Gasteiger partial charge on any atom is -0.506 e. The van der Waals surface area contributed by atoms with Crippen LogP contribution >= 0.6 is 0 Å². The molecule has 1 rings (SSSR count). The summed E-state index contributed by atoms with van der Waals surface area (Å²) in [7, 11) is 0. The van der Waals surface area contributed by atoms with Crippen LogP contribution in [0, 0.1) is 6.92 Å². The Morgan fingerprint density at radius 3 is 1.94 bits per heavy atom. The van der Waals surface area contributed by atoms with E-state index in [2.05, 4.69) is 0 Å². The molecule has 16 heavy (non-hydrogen) atoms. The highest BCUT2D eigenvalue weighted by Crippen LogP contribution is 2.35. The molecule has 0 bridgehead atoms. The summed E-state index contributed by atoms with van der Waals surface area (Å²) in [5.41, 5.74) is -1.59. The van der Waals surface area contributed by atoms with Crippen molar-refractivity contribution in [3.8, 4) is 11.5 Å². The number of carbonyl (C=O) groups is 3. The third-order valence-corrected chi connectivity index (χ3v) is 2.23. The van der Waals surface area contributed by atoms with Gasteiger partial charge in [0.15, 0.2) is 12.6 Å². The molecule has 0 aliphatic rings. The fraction of sp³-hybridized carbons (Fsp3) is 0.100. The molecule has 6 heteroatoms. The number of carboxylic acid groups (broad SMARTS) is 1. The highest BCUT2D eigenvalue weighted by Gasteiger charge is 2.24. The number of rotatable bonds is 3. The van der Waals surface area contributed by atoms with Crippen molar-refractivity contribution in [1.82, 2.24) is 0 Å². The van der Waals surface area contributed by atoms with Crippen LogP contribution in [0.3, 0.4) is 0 Å². The Bertz CT molecular complexity index is 454. The SMILES string of the molecule is Cc1c(C=O)c(O)c(C=O)c(O)c1C(=O)O. The molecule has 0 amide bonds. The van der Waals surface area contributed by atoms with E-state index in [9.17, 15) is 24.6 Å². The van der Waals surface area contributed by atoms with Crippen molar-refractivity contribution in [2.75, 3.05) is 0 Å². The number of phenolic OH excluding ortho intramolecular Hbond substituents is 1. The Kier molecular flexibility index (Phi) is 2.94. The summed E-state index contributed by atoms with van der Waals surface area (Å²) in [6.45, 7) is 1.25. The van der Waals surface area contributed by atoms with E-state index < -0.39 is 28.6 Å². The summed E-state index contributed by atoms with van der Waals surface area (Å²) in [4.78, 5) is 32.0. The molecule has 0 unspecified atom stereocenters. The number of hydrogen-bond acceptors (Lipinski definition) is 5. The lowest BCUT2D eigenvalue weighted by molar-refractivity contribution is 0.0693. The Morgan fingerprint density at radius 1 is 1.06 bits per heavy atom. The molecule has 6 nitrogen and oxygen atoms in total. The number of benzene rings is 1. The van der Waals surface area contributed by atoms with Crippen molar-refractivity contribution in [2.45, 2.75) is 6.92 Å². The predicted octanol–water partition coefficient (Wildman–Crippen LogP) is 0.729. The van der Waals surface area contributed by atoms with Gasteiger partial charge in [0.1, 0.15) is 17.1 Å². The van der Waals surface area contributed by atoms with E-state index in [1.807, 2.05) is 0 Å². The van der Waals surface area contributed by atoms with E-state index in [1.165, 1.54) is 6.92 Å². The molecule has 1 aromatic carbocycles. The molecule has 0 aliphatic carbocycles. The van der Waals surface area contributed by atoms with Crippen molar-refractivity contribution >= 4 is 18.5 Å². The van der Waals surface area contributed by atoms with Gasteiger partial charge in [-0.3, -0.25) is 9.59 Å². The quantitative estimate of drug-likeness (QED) is 0.652. The fourth-order valence-corrected chi connectivity index (χ4v) is 1.40. The number of aldehydes is 2. The number of phenols is 2. The monoisotopic (exact) mass is 224 g/mol. The summed E-state index contributed by atoms with van der Waals surface area (Å²) in [6.07, 6.45) is 0.313. The van der Waals surface area contributed by atoms with Crippen LogP contribution < -0.4 is 0 Å². The first-order valence-electron chi connectivity index (χ1n) is 4.17. The molecule has 0 radical (unpaired) electrons. The maximum atomic E-state index is 10.8. The van der Waals surface area contributed by atoms with E-state index in [0.29, 0.717) is 0 Å². The van der Waals surface area contributed by atoms with Crippen molar-refractivity contribution in [2.24, 2.45) is 0 Å².